The molecule has 2 amide bonds. The number of hydrogen-bond acceptors (Lipinski definition) is 2. The van der Waals surface area contributed by atoms with Gasteiger partial charge in [0.1, 0.15) is 0 Å². The van der Waals surface area contributed by atoms with Crippen molar-refractivity contribution in [2.45, 2.75) is 0 Å². The van der Waals surface area contributed by atoms with Crippen LogP contribution in [0.1, 0.15) is 0 Å². The number of anilines is 1. The number of rotatable bonds is 2. The molecule has 0 saturated heterocycles. The Morgan fingerprint density at radius 3 is 2.53 bits per heavy atom. The van der Waals surface area contributed by atoms with E-state index >= 15 is 0 Å². The molecule has 2 aromatic rings. The summed E-state index contributed by atoms with van der Waals surface area (Å²) in [5.41, 5.74) is 7.69. The lowest BCUT2D eigenvalue weighted by atomic mass is 10.1. The summed E-state index contributed by atoms with van der Waals surface area (Å²) in [4.78, 5) is 10.6. The molecule has 0 bridgehead atoms. The first-order valence-corrected chi connectivity index (χ1v) is 4.41. The zero-order valence-corrected chi connectivity index (χ0v) is 7.90. The SMILES string of the molecule is NC(=O)Nc1ccc(-c2cn[nH]c2)cc1. The first-order valence-electron chi connectivity index (χ1n) is 4.41. The average Bonchev–Trinajstić information content (AvgIpc) is 2.71. The minimum Gasteiger partial charge on any atom is -0.351 e. The van der Waals surface area contributed by atoms with Crippen LogP contribution in [0.2, 0.25) is 0 Å². The van der Waals surface area contributed by atoms with Crippen molar-refractivity contribution in [3.05, 3.63) is 36.7 Å². The van der Waals surface area contributed by atoms with Crippen LogP contribution in [0.25, 0.3) is 11.1 Å². The number of hydrogen-bond donors (Lipinski definition) is 3. The van der Waals surface area contributed by atoms with E-state index in [0.717, 1.165) is 11.1 Å². The molecule has 2 rings (SSSR count). The van der Waals surface area contributed by atoms with Crippen LogP contribution < -0.4 is 11.1 Å². The van der Waals surface area contributed by atoms with E-state index in [9.17, 15) is 4.79 Å². The highest BCUT2D eigenvalue weighted by atomic mass is 16.2. The Hall–Kier alpha value is -2.30. The number of aromatic nitrogens is 2. The van der Waals surface area contributed by atoms with Gasteiger partial charge < -0.3 is 11.1 Å². The van der Waals surface area contributed by atoms with Crippen LogP contribution in [-0.4, -0.2) is 16.2 Å². The molecular formula is C10H10N4O. The van der Waals surface area contributed by atoms with Crippen LogP contribution in [0.5, 0.6) is 0 Å². The quantitative estimate of drug-likeness (QED) is 0.690. The summed E-state index contributed by atoms with van der Waals surface area (Å²) < 4.78 is 0. The van der Waals surface area contributed by atoms with Crippen LogP contribution in [-0.2, 0) is 0 Å². The minimum absolute atomic E-state index is 0.564. The van der Waals surface area contributed by atoms with Gasteiger partial charge in [-0.3, -0.25) is 5.10 Å². The standard InChI is InChI=1S/C10H10N4O/c11-10(15)14-9-3-1-7(2-4-9)8-5-12-13-6-8/h1-6H,(H,12,13)(H3,11,14,15). The highest BCUT2D eigenvalue weighted by Gasteiger charge is 1.99. The van der Waals surface area contributed by atoms with Crippen molar-refractivity contribution in [3.63, 3.8) is 0 Å². The van der Waals surface area contributed by atoms with Crippen LogP contribution in [0.4, 0.5) is 10.5 Å². The predicted octanol–water partition coefficient (Wildman–Crippen LogP) is 1.57. The van der Waals surface area contributed by atoms with Gasteiger partial charge in [0, 0.05) is 17.4 Å². The molecule has 0 spiro atoms. The molecule has 0 atom stereocenters. The fourth-order valence-electron chi connectivity index (χ4n) is 1.30. The molecule has 0 fully saturated rings. The van der Waals surface area contributed by atoms with Crippen molar-refractivity contribution in [2.24, 2.45) is 5.73 Å². The fraction of sp³-hybridized carbons (Fsp3) is 0. The Bertz CT molecular complexity index is 447. The molecule has 1 aromatic heterocycles. The van der Waals surface area contributed by atoms with Gasteiger partial charge in [0.05, 0.1) is 6.20 Å². The maximum Gasteiger partial charge on any atom is 0.316 e. The first kappa shape index (κ1) is 9.26. The van der Waals surface area contributed by atoms with E-state index in [1.807, 2.05) is 12.1 Å². The van der Waals surface area contributed by atoms with E-state index in [0.29, 0.717) is 5.69 Å². The van der Waals surface area contributed by atoms with Crippen molar-refractivity contribution in [1.29, 1.82) is 0 Å². The van der Waals surface area contributed by atoms with Gasteiger partial charge in [0.25, 0.3) is 0 Å². The number of amides is 2. The van der Waals surface area contributed by atoms with Gasteiger partial charge in [-0.05, 0) is 17.7 Å². The average molecular weight is 202 g/mol. The first-order chi connectivity index (χ1) is 7.25. The summed E-state index contributed by atoms with van der Waals surface area (Å²) >= 11 is 0. The van der Waals surface area contributed by atoms with Gasteiger partial charge in [-0.2, -0.15) is 5.10 Å². The molecule has 0 saturated carbocycles. The molecule has 0 aliphatic carbocycles. The molecule has 1 aromatic carbocycles. The number of carbonyl (C=O) groups is 1. The third-order valence-electron chi connectivity index (χ3n) is 1.98. The Morgan fingerprint density at radius 1 is 1.27 bits per heavy atom. The zero-order valence-electron chi connectivity index (χ0n) is 7.90. The van der Waals surface area contributed by atoms with Crippen molar-refractivity contribution < 1.29 is 4.79 Å². The molecule has 0 aliphatic heterocycles. The maximum atomic E-state index is 10.6. The molecule has 76 valence electrons. The summed E-state index contributed by atoms with van der Waals surface area (Å²) in [6.07, 6.45) is 3.53. The molecule has 0 aliphatic rings. The largest absolute Gasteiger partial charge is 0.351 e. The summed E-state index contributed by atoms with van der Waals surface area (Å²) in [5.74, 6) is 0. The van der Waals surface area contributed by atoms with Gasteiger partial charge in [-0.15, -0.1) is 0 Å². The Labute approximate surface area is 86.3 Å². The topological polar surface area (TPSA) is 83.8 Å². The third kappa shape index (κ3) is 2.14. The predicted molar refractivity (Wildman–Crippen MR) is 57.2 cm³/mol. The van der Waals surface area contributed by atoms with E-state index in [1.54, 1.807) is 24.5 Å². The van der Waals surface area contributed by atoms with Crippen LogP contribution in [0, 0.1) is 0 Å². The van der Waals surface area contributed by atoms with Gasteiger partial charge in [0.15, 0.2) is 0 Å². The van der Waals surface area contributed by atoms with Crippen LogP contribution in [0.15, 0.2) is 36.7 Å². The van der Waals surface area contributed by atoms with Crippen molar-refractivity contribution in [2.75, 3.05) is 5.32 Å². The smallest absolute Gasteiger partial charge is 0.316 e. The number of carbonyl (C=O) groups excluding carboxylic acids is 1. The second-order valence-corrected chi connectivity index (χ2v) is 3.05. The van der Waals surface area contributed by atoms with E-state index in [1.165, 1.54) is 0 Å². The van der Waals surface area contributed by atoms with Crippen LogP contribution >= 0.6 is 0 Å². The molecule has 15 heavy (non-hydrogen) atoms. The highest BCUT2D eigenvalue weighted by Crippen LogP contribution is 2.19. The third-order valence-corrected chi connectivity index (χ3v) is 1.98. The van der Waals surface area contributed by atoms with Crippen molar-refractivity contribution in [1.82, 2.24) is 10.2 Å². The normalized spacial score (nSPS) is 9.87. The summed E-state index contributed by atoms with van der Waals surface area (Å²) in [6, 6.07) is 6.78. The number of nitrogens with zero attached hydrogens (tertiary/aromatic N) is 1. The van der Waals surface area contributed by atoms with Crippen molar-refractivity contribution in [3.8, 4) is 11.1 Å². The van der Waals surface area contributed by atoms with Gasteiger partial charge in [-0.25, -0.2) is 4.79 Å². The van der Waals surface area contributed by atoms with E-state index in [2.05, 4.69) is 15.5 Å². The Kier molecular flexibility index (Phi) is 2.37. The molecule has 5 heteroatoms. The monoisotopic (exact) mass is 202 g/mol. The highest BCUT2D eigenvalue weighted by molar-refractivity contribution is 5.88. The zero-order chi connectivity index (χ0) is 10.7. The molecule has 4 N–H and O–H groups in total. The number of aromatic amines is 1. The summed E-state index contributed by atoms with van der Waals surface area (Å²) in [5, 5.41) is 9.08. The number of primary amides is 1. The molecular weight excluding hydrogens is 192 g/mol. The second kappa shape index (κ2) is 3.83. The summed E-state index contributed by atoms with van der Waals surface area (Å²) in [7, 11) is 0. The Morgan fingerprint density at radius 2 is 2.00 bits per heavy atom. The summed E-state index contributed by atoms with van der Waals surface area (Å²) in [6.45, 7) is 0. The number of nitrogens with one attached hydrogen (secondary N) is 2. The second-order valence-electron chi connectivity index (χ2n) is 3.05. The number of benzene rings is 1. The maximum absolute atomic E-state index is 10.6. The van der Waals surface area contributed by atoms with Gasteiger partial charge in [-0.1, -0.05) is 12.1 Å². The molecule has 0 unspecified atom stereocenters. The van der Waals surface area contributed by atoms with Crippen molar-refractivity contribution >= 4 is 11.7 Å². The van der Waals surface area contributed by atoms with E-state index < -0.39 is 6.03 Å². The van der Waals surface area contributed by atoms with Gasteiger partial charge in [0.2, 0.25) is 0 Å². The van der Waals surface area contributed by atoms with Crippen LogP contribution in [0.3, 0.4) is 0 Å². The lowest BCUT2D eigenvalue weighted by Crippen LogP contribution is -2.19. The lowest BCUT2D eigenvalue weighted by molar-refractivity contribution is 0.259. The molecule has 5 nitrogen and oxygen atoms in total. The lowest BCUT2D eigenvalue weighted by Gasteiger charge is -2.02. The molecule has 0 radical (unpaired) electrons. The van der Waals surface area contributed by atoms with Gasteiger partial charge >= 0.3 is 6.03 Å². The fourth-order valence-corrected chi connectivity index (χ4v) is 1.30. The number of nitrogens with two attached hydrogens (primary N) is 1. The van der Waals surface area contributed by atoms with E-state index in [4.69, 9.17) is 5.73 Å². The molecule has 1 heterocycles. The number of H-pyrrole nitrogens is 1. The number of urea groups is 1. The minimum atomic E-state index is -0.564. The Balaban J connectivity index is 2.21. The van der Waals surface area contributed by atoms with E-state index in [-0.39, 0.29) is 0 Å².